The van der Waals surface area contributed by atoms with Gasteiger partial charge in [-0.05, 0) is 6.07 Å². The van der Waals surface area contributed by atoms with Crippen molar-refractivity contribution in [2.24, 2.45) is 0 Å². The highest BCUT2D eigenvalue weighted by atomic mass is 32.1. The van der Waals surface area contributed by atoms with E-state index in [-0.39, 0.29) is 0 Å². The number of benzene rings is 1. The lowest BCUT2D eigenvalue weighted by Gasteiger charge is -1.90. The number of hydrogen-bond acceptors (Lipinski definition) is 1. The molecule has 80 valence electrons. The summed E-state index contributed by atoms with van der Waals surface area (Å²) >= 11 is 1.83. The Bertz CT molecular complexity index is 667. The lowest BCUT2D eigenvalue weighted by Crippen LogP contribution is -1.82. The monoisotopic (exact) mass is 229 g/mol. The van der Waals surface area contributed by atoms with Crippen molar-refractivity contribution >= 4 is 31.5 Å². The van der Waals surface area contributed by atoms with Gasteiger partial charge in [-0.25, -0.2) is 4.42 Å². The first-order valence-corrected chi connectivity index (χ1v) is 6.35. The average Bonchev–Trinajstić information content (AvgIpc) is 2.67. The van der Waals surface area contributed by atoms with E-state index in [0.717, 1.165) is 17.9 Å². The second-order valence-electron chi connectivity index (χ2n) is 3.97. The number of hydrogen-bond donors (Lipinski definition) is 0. The summed E-state index contributed by atoms with van der Waals surface area (Å²) in [5, 5.41) is 2.68. The molecule has 0 unspecified atom stereocenters. The largest absolute Gasteiger partial charge is 0.346 e. The van der Waals surface area contributed by atoms with E-state index in [1.807, 2.05) is 18.3 Å². The van der Waals surface area contributed by atoms with E-state index >= 15 is 0 Å². The van der Waals surface area contributed by atoms with Crippen molar-refractivity contribution in [3.8, 4) is 0 Å². The minimum absolute atomic E-state index is 0.949. The van der Waals surface area contributed by atoms with Crippen molar-refractivity contribution < 1.29 is 4.42 Å². The van der Waals surface area contributed by atoms with Crippen LogP contribution in [0.25, 0.3) is 20.2 Å². The zero-order chi connectivity index (χ0) is 11.1. The Morgan fingerprint density at radius 3 is 2.81 bits per heavy atom. The van der Waals surface area contributed by atoms with Gasteiger partial charge in [-0.15, -0.1) is 11.3 Å². The van der Waals surface area contributed by atoms with Crippen LogP contribution in [0.2, 0.25) is 0 Å². The van der Waals surface area contributed by atoms with Gasteiger partial charge in [-0.1, -0.05) is 25.1 Å². The molecule has 0 spiro atoms. The fourth-order valence-electron chi connectivity index (χ4n) is 2.12. The molecule has 0 bridgehead atoms. The Morgan fingerprint density at radius 2 is 2.00 bits per heavy atom. The molecular weight excluding hydrogens is 216 g/mol. The van der Waals surface area contributed by atoms with Crippen LogP contribution in [0.1, 0.15) is 18.4 Å². The molecule has 2 heteroatoms. The number of thiophene rings is 1. The predicted molar refractivity (Wildman–Crippen MR) is 70.1 cm³/mol. The Kier molecular flexibility index (Phi) is 2.18. The maximum atomic E-state index is 5.78. The van der Waals surface area contributed by atoms with E-state index in [2.05, 4.69) is 37.3 Å². The van der Waals surface area contributed by atoms with Crippen LogP contribution in [0.15, 0.2) is 34.7 Å². The third-order valence-electron chi connectivity index (χ3n) is 2.84. The molecule has 3 rings (SSSR count). The summed E-state index contributed by atoms with van der Waals surface area (Å²) in [6, 6.07) is 10.7. The van der Waals surface area contributed by atoms with Crippen LogP contribution < -0.4 is 0 Å². The highest BCUT2D eigenvalue weighted by Gasteiger charge is 2.18. The van der Waals surface area contributed by atoms with Gasteiger partial charge in [0.25, 0.3) is 0 Å². The van der Waals surface area contributed by atoms with Crippen molar-refractivity contribution in [1.29, 1.82) is 0 Å². The zero-order valence-electron chi connectivity index (χ0n) is 9.41. The lowest BCUT2D eigenvalue weighted by molar-refractivity contribution is 0.479. The van der Waals surface area contributed by atoms with Crippen LogP contribution in [0, 0.1) is 6.92 Å². The van der Waals surface area contributed by atoms with Crippen LogP contribution >= 0.6 is 11.3 Å². The van der Waals surface area contributed by atoms with Crippen molar-refractivity contribution in [3.63, 3.8) is 0 Å². The number of fused-ring (bicyclic) bond motifs is 3. The van der Waals surface area contributed by atoms with E-state index in [4.69, 9.17) is 4.42 Å². The van der Waals surface area contributed by atoms with Crippen LogP contribution in [-0.2, 0) is 6.42 Å². The van der Waals surface area contributed by atoms with E-state index in [1.54, 1.807) is 0 Å². The number of aryl methyl sites for hydroxylation is 2. The summed E-state index contributed by atoms with van der Waals surface area (Å²) in [6.45, 7) is 4.16. The molecule has 2 heterocycles. The van der Waals surface area contributed by atoms with Gasteiger partial charge >= 0.3 is 11.5 Å². The van der Waals surface area contributed by atoms with Gasteiger partial charge in [0.15, 0.2) is 0 Å². The Labute approximate surface area is 98.3 Å². The van der Waals surface area contributed by atoms with Gasteiger partial charge in [0.05, 0.1) is 13.3 Å². The summed E-state index contributed by atoms with van der Waals surface area (Å²) in [6.07, 6.45) is 0.949. The second-order valence-corrected chi connectivity index (χ2v) is 5.03. The molecule has 1 aromatic carbocycles. The van der Waals surface area contributed by atoms with Gasteiger partial charge in [0.1, 0.15) is 4.70 Å². The SMILES string of the molecule is CCc1[o+]c(C)cc2c1sc1ccccc12. The molecule has 0 fully saturated rings. The normalized spacial score (nSPS) is 11.4. The van der Waals surface area contributed by atoms with E-state index in [1.165, 1.54) is 20.2 Å². The van der Waals surface area contributed by atoms with Gasteiger partial charge in [0.2, 0.25) is 0 Å². The van der Waals surface area contributed by atoms with E-state index < -0.39 is 0 Å². The Balaban J connectivity index is 2.54. The third-order valence-corrected chi connectivity index (χ3v) is 4.07. The van der Waals surface area contributed by atoms with Crippen LogP contribution in [0.5, 0.6) is 0 Å². The molecule has 0 saturated carbocycles. The molecule has 0 radical (unpaired) electrons. The Hall–Kier alpha value is -1.41. The summed E-state index contributed by atoms with van der Waals surface area (Å²) in [5.74, 6) is 2.10. The standard InChI is InChI=1S/C14H13OS/c1-3-12-14-11(8-9(2)15-12)10-6-4-5-7-13(10)16-14/h4-8H,3H2,1-2H3/q+1. The van der Waals surface area contributed by atoms with Crippen molar-refractivity contribution in [3.05, 3.63) is 41.9 Å². The lowest BCUT2D eigenvalue weighted by atomic mass is 10.1. The number of rotatable bonds is 1. The Morgan fingerprint density at radius 1 is 1.19 bits per heavy atom. The third kappa shape index (κ3) is 1.34. The summed E-state index contributed by atoms with van der Waals surface area (Å²) in [5.41, 5.74) is 0. The predicted octanol–water partition coefficient (Wildman–Crippen LogP) is 4.80. The van der Waals surface area contributed by atoms with Crippen molar-refractivity contribution in [1.82, 2.24) is 0 Å². The summed E-state index contributed by atoms with van der Waals surface area (Å²) in [7, 11) is 0. The molecule has 16 heavy (non-hydrogen) atoms. The maximum Gasteiger partial charge on any atom is 0.346 e. The topological polar surface area (TPSA) is 11.3 Å². The van der Waals surface area contributed by atoms with Gasteiger partial charge in [-0.3, -0.25) is 0 Å². The molecule has 3 aromatic rings. The highest BCUT2D eigenvalue weighted by molar-refractivity contribution is 7.26. The smallest absolute Gasteiger partial charge is 0.217 e. The highest BCUT2D eigenvalue weighted by Crippen LogP contribution is 2.36. The minimum Gasteiger partial charge on any atom is -0.217 e. The maximum absolute atomic E-state index is 5.78. The zero-order valence-corrected chi connectivity index (χ0v) is 10.2. The minimum atomic E-state index is 0.949. The van der Waals surface area contributed by atoms with Gasteiger partial charge < -0.3 is 0 Å². The average molecular weight is 229 g/mol. The molecule has 2 aromatic heterocycles. The molecule has 1 nitrogen and oxygen atoms in total. The van der Waals surface area contributed by atoms with Gasteiger partial charge in [-0.2, -0.15) is 0 Å². The van der Waals surface area contributed by atoms with Crippen molar-refractivity contribution in [2.75, 3.05) is 0 Å². The van der Waals surface area contributed by atoms with Gasteiger partial charge in [0, 0.05) is 21.5 Å². The first kappa shape index (κ1) is 9.79. The van der Waals surface area contributed by atoms with Crippen LogP contribution in [0.3, 0.4) is 0 Å². The second kappa shape index (κ2) is 3.56. The van der Waals surface area contributed by atoms with Crippen LogP contribution in [-0.4, -0.2) is 0 Å². The fraction of sp³-hybridized carbons (Fsp3) is 0.214. The van der Waals surface area contributed by atoms with E-state index in [9.17, 15) is 0 Å². The molecule has 0 atom stereocenters. The molecule has 0 amide bonds. The molecule has 0 saturated heterocycles. The van der Waals surface area contributed by atoms with Crippen LogP contribution in [0.4, 0.5) is 0 Å². The van der Waals surface area contributed by atoms with Crippen molar-refractivity contribution in [2.45, 2.75) is 20.3 Å². The first-order valence-electron chi connectivity index (χ1n) is 5.53. The molecule has 0 aliphatic heterocycles. The molecule has 0 aliphatic rings. The van der Waals surface area contributed by atoms with E-state index in [0.29, 0.717) is 0 Å². The first-order chi connectivity index (χ1) is 7.79. The quantitative estimate of drug-likeness (QED) is 0.545. The molecular formula is C14H13OS+. The summed E-state index contributed by atoms with van der Waals surface area (Å²) < 4.78 is 8.42. The molecule has 0 aliphatic carbocycles. The fourth-order valence-corrected chi connectivity index (χ4v) is 3.36. The molecule has 0 N–H and O–H groups in total. The summed E-state index contributed by atoms with van der Waals surface area (Å²) in [4.78, 5) is 0.